The standard InChI is InChI=1S/C55H35N3O/c1-4-12-36(13-5-1)38-20-22-39(23-21-38)40-24-28-43(29-25-40)54-56-53(42-16-8-3-9-17-42)57-55(58-54)45-31-27-41-26-30-44(32-46(41)33-45)49-34-47(37-14-6-2-7-15-37)35-51-52(49)48-18-10-11-19-50(48)59-51/h1-35H. The van der Waals surface area contributed by atoms with Gasteiger partial charge in [-0.25, -0.2) is 15.0 Å². The minimum absolute atomic E-state index is 0.621. The number of aromatic nitrogens is 3. The fourth-order valence-corrected chi connectivity index (χ4v) is 8.08. The lowest BCUT2D eigenvalue weighted by atomic mass is 9.93. The molecule has 0 saturated heterocycles. The summed E-state index contributed by atoms with van der Waals surface area (Å²) in [6, 6.07) is 74.1. The molecule has 0 N–H and O–H groups in total. The van der Waals surface area contributed by atoms with Gasteiger partial charge in [0.25, 0.3) is 0 Å². The molecule has 4 heteroatoms. The molecule has 0 bridgehead atoms. The third-order valence-electron chi connectivity index (χ3n) is 11.1. The van der Waals surface area contributed by atoms with E-state index in [4.69, 9.17) is 19.4 Å². The first-order chi connectivity index (χ1) is 29.2. The van der Waals surface area contributed by atoms with Crippen LogP contribution in [-0.2, 0) is 0 Å². The van der Waals surface area contributed by atoms with Crippen molar-refractivity contribution < 1.29 is 4.42 Å². The van der Waals surface area contributed by atoms with Crippen LogP contribution in [0.15, 0.2) is 217 Å². The van der Waals surface area contributed by atoms with Gasteiger partial charge in [-0.2, -0.15) is 0 Å². The Hall–Kier alpha value is -7.95. The van der Waals surface area contributed by atoms with Gasteiger partial charge in [0, 0.05) is 27.5 Å². The Labute approximate surface area is 341 Å². The molecule has 2 aromatic heterocycles. The number of nitrogens with zero attached hydrogens (tertiary/aromatic N) is 3. The van der Waals surface area contributed by atoms with Crippen LogP contribution in [0.4, 0.5) is 0 Å². The maximum absolute atomic E-state index is 6.46. The Morgan fingerprint density at radius 2 is 0.695 bits per heavy atom. The molecule has 0 amide bonds. The summed E-state index contributed by atoms with van der Waals surface area (Å²) in [5.74, 6) is 1.88. The number of furan rings is 1. The maximum Gasteiger partial charge on any atom is 0.164 e. The number of benzene rings is 9. The molecule has 59 heavy (non-hydrogen) atoms. The fraction of sp³-hybridized carbons (Fsp3) is 0. The van der Waals surface area contributed by atoms with Gasteiger partial charge < -0.3 is 4.42 Å². The molecule has 11 rings (SSSR count). The molecule has 0 atom stereocenters. The molecule has 0 saturated carbocycles. The minimum Gasteiger partial charge on any atom is -0.456 e. The smallest absolute Gasteiger partial charge is 0.164 e. The molecule has 11 aromatic rings. The fourth-order valence-electron chi connectivity index (χ4n) is 8.08. The molecule has 276 valence electrons. The van der Waals surface area contributed by atoms with Crippen LogP contribution >= 0.6 is 0 Å². The van der Waals surface area contributed by atoms with Crippen molar-refractivity contribution in [2.75, 3.05) is 0 Å². The van der Waals surface area contributed by atoms with E-state index >= 15 is 0 Å². The van der Waals surface area contributed by atoms with E-state index in [1.165, 1.54) is 11.1 Å². The van der Waals surface area contributed by atoms with Crippen molar-refractivity contribution in [3.63, 3.8) is 0 Å². The van der Waals surface area contributed by atoms with E-state index in [1.807, 2.05) is 54.6 Å². The molecule has 0 radical (unpaired) electrons. The predicted molar refractivity (Wildman–Crippen MR) is 243 cm³/mol. The molecule has 0 unspecified atom stereocenters. The van der Waals surface area contributed by atoms with Crippen LogP contribution in [0.2, 0.25) is 0 Å². The largest absolute Gasteiger partial charge is 0.456 e. The molecule has 2 heterocycles. The van der Waals surface area contributed by atoms with Crippen LogP contribution in [0.25, 0.3) is 111 Å². The second-order valence-electron chi connectivity index (χ2n) is 14.8. The molecule has 9 aromatic carbocycles. The minimum atomic E-state index is 0.621. The highest BCUT2D eigenvalue weighted by molar-refractivity contribution is 6.14. The van der Waals surface area contributed by atoms with Gasteiger partial charge in [-0.3, -0.25) is 0 Å². The van der Waals surface area contributed by atoms with E-state index in [-0.39, 0.29) is 0 Å². The lowest BCUT2D eigenvalue weighted by Gasteiger charge is -2.11. The average molecular weight is 754 g/mol. The summed E-state index contributed by atoms with van der Waals surface area (Å²) in [7, 11) is 0. The first kappa shape index (κ1) is 34.3. The van der Waals surface area contributed by atoms with E-state index in [9.17, 15) is 0 Å². The number of para-hydroxylation sites is 1. The van der Waals surface area contributed by atoms with Crippen LogP contribution in [0.5, 0.6) is 0 Å². The van der Waals surface area contributed by atoms with Gasteiger partial charge in [-0.1, -0.05) is 182 Å². The van der Waals surface area contributed by atoms with Crippen LogP contribution in [-0.4, -0.2) is 15.0 Å². The Balaban J connectivity index is 0.995. The van der Waals surface area contributed by atoms with E-state index in [0.29, 0.717) is 17.5 Å². The van der Waals surface area contributed by atoms with Crippen LogP contribution < -0.4 is 0 Å². The number of fused-ring (bicyclic) bond motifs is 4. The lowest BCUT2D eigenvalue weighted by molar-refractivity contribution is 0.669. The summed E-state index contributed by atoms with van der Waals surface area (Å²) in [6.07, 6.45) is 0. The SMILES string of the molecule is c1ccc(-c2ccc(-c3ccc(-c4nc(-c5ccccc5)nc(-c5ccc6ccc(-c7cc(-c8ccccc8)cc8oc9ccccc9c78)cc6c5)n4)cc3)cc2)cc1. The quantitative estimate of drug-likeness (QED) is 0.163. The van der Waals surface area contributed by atoms with Crippen molar-refractivity contribution in [1.29, 1.82) is 0 Å². The summed E-state index contributed by atoms with van der Waals surface area (Å²) in [5, 5.41) is 4.44. The van der Waals surface area contributed by atoms with Crippen molar-refractivity contribution in [3.8, 4) is 78.7 Å². The van der Waals surface area contributed by atoms with Crippen molar-refractivity contribution >= 4 is 32.7 Å². The van der Waals surface area contributed by atoms with E-state index in [0.717, 1.165) is 82.8 Å². The topological polar surface area (TPSA) is 51.8 Å². The molecule has 0 aliphatic carbocycles. The molecule has 0 fully saturated rings. The van der Waals surface area contributed by atoms with Gasteiger partial charge in [0.1, 0.15) is 11.2 Å². The van der Waals surface area contributed by atoms with Gasteiger partial charge in [0.15, 0.2) is 17.5 Å². The highest BCUT2D eigenvalue weighted by Gasteiger charge is 2.17. The van der Waals surface area contributed by atoms with Crippen LogP contribution in [0.1, 0.15) is 0 Å². The number of hydrogen-bond donors (Lipinski definition) is 0. The maximum atomic E-state index is 6.46. The van der Waals surface area contributed by atoms with Gasteiger partial charge in [-0.15, -0.1) is 0 Å². The predicted octanol–water partition coefficient (Wildman–Crippen LogP) is 14.6. The van der Waals surface area contributed by atoms with E-state index in [2.05, 4.69) is 158 Å². The second kappa shape index (κ2) is 14.5. The Morgan fingerprint density at radius 1 is 0.271 bits per heavy atom. The summed E-state index contributed by atoms with van der Waals surface area (Å²) < 4.78 is 6.46. The zero-order valence-corrected chi connectivity index (χ0v) is 32.0. The Bertz CT molecular complexity index is 3280. The third kappa shape index (κ3) is 6.53. The lowest BCUT2D eigenvalue weighted by Crippen LogP contribution is -2.00. The van der Waals surface area contributed by atoms with E-state index in [1.54, 1.807) is 0 Å². The normalized spacial score (nSPS) is 11.4. The van der Waals surface area contributed by atoms with Crippen molar-refractivity contribution in [2.24, 2.45) is 0 Å². The second-order valence-corrected chi connectivity index (χ2v) is 14.8. The van der Waals surface area contributed by atoms with Crippen molar-refractivity contribution in [3.05, 3.63) is 212 Å². The first-order valence-electron chi connectivity index (χ1n) is 19.8. The highest BCUT2D eigenvalue weighted by Crippen LogP contribution is 2.41. The monoisotopic (exact) mass is 753 g/mol. The summed E-state index contributed by atoms with van der Waals surface area (Å²) >= 11 is 0. The number of rotatable bonds is 7. The van der Waals surface area contributed by atoms with Gasteiger partial charge in [0.2, 0.25) is 0 Å². The number of hydrogen-bond acceptors (Lipinski definition) is 4. The van der Waals surface area contributed by atoms with Gasteiger partial charge >= 0.3 is 0 Å². The molecular formula is C55H35N3O. The first-order valence-corrected chi connectivity index (χ1v) is 19.8. The third-order valence-corrected chi connectivity index (χ3v) is 11.1. The molecule has 4 nitrogen and oxygen atoms in total. The van der Waals surface area contributed by atoms with Crippen LogP contribution in [0, 0.1) is 0 Å². The molecule has 0 aliphatic rings. The Morgan fingerprint density at radius 3 is 1.31 bits per heavy atom. The van der Waals surface area contributed by atoms with Gasteiger partial charge in [-0.05, 0) is 85.6 Å². The summed E-state index contributed by atoms with van der Waals surface area (Å²) in [4.78, 5) is 15.2. The zero-order valence-electron chi connectivity index (χ0n) is 32.0. The molecular weight excluding hydrogens is 719 g/mol. The Kier molecular flexibility index (Phi) is 8.45. The van der Waals surface area contributed by atoms with E-state index < -0.39 is 0 Å². The van der Waals surface area contributed by atoms with Gasteiger partial charge in [0.05, 0.1) is 0 Å². The van der Waals surface area contributed by atoms with Crippen molar-refractivity contribution in [1.82, 2.24) is 15.0 Å². The molecule has 0 aliphatic heterocycles. The summed E-state index contributed by atoms with van der Waals surface area (Å²) in [6.45, 7) is 0. The molecule has 0 spiro atoms. The summed E-state index contributed by atoms with van der Waals surface area (Å²) in [5.41, 5.74) is 13.7. The van der Waals surface area contributed by atoms with Crippen LogP contribution in [0.3, 0.4) is 0 Å². The zero-order chi connectivity index (χ0) is 39.1. The highest BCUT2D eigenvalue weighted by atomic mass is 16.3. The van der Waals surface area contributed by atoms with Crippen molar-refractivity contribution in [2.45, 2.75) is 0 Å². The average Bonchev–Trinajstić information content (AvgIpc) is 3.70.